The van der Waals surface area contributed by atoms with Crippen molar-refractivity contribution in [3.05, 3.63) is 41.6 Å². The molecule has 1 unspecified atom stereocenters. The number of nitrogens with one attached hydrogen (secondary N) is 2. The number of aryl methyl sites for hydroxylation is 1. The van der Waals surface area contributed by atoms with Crippen LogP contribution in [0.3, 0.4) is 0 Å². The van der Waals surface area contributed by atoms with Crippen molar-refractivity contribution in [1.29, 1.82) is 0 Å². The van der Waals surface area contributed by atoms with Crippen molar-refractivity contribution in [3.8, 4) is 0 Å². The van der Waals surface area contributed by atoms with E-state index < -0.39 is 0 Å². The number of nitrogens with zero attached hydrogens (tertiary/aromatic N) is 3. The molecule has 102 valence electrons. The van der Waals surface area contributed by atoms with Gasteiger partial charge < -0.3 is 11.1 Å². The summed E-state index contributed by atoms with van der Waals surface area (Å²) in [5.74, 6) is 0.912. The van der Waals surface area contributed by atoms with Gasteiger partial charge in [0.1, 0.15) is 5.82 Å². The minimum atomic E-state index is 0.114. The van der Waals surface area contributed by atoms with Gasteiger partial charge >= 0.3 is 0 Å². The average Bonchev–Trinajstić information content (AvgIpc) is 2.87. The van der Waals surface area contributed by atoms with Crippen molar-refractivity contribution in [1.82, 2.24) is 20.2 Å². The molecule has 0 aliphatic heterocycles. The molecule has 1 atom stereocenters. The van der Waals surface area contributed by atoms with E-state index in [0.29, 0.717) is 11.5 Å². The summed E-state index contributed by atoms with van der Waals surface area (Å²) in [5, 5.41) is 11.0. The van der Waals surface area contributed by atoms with Crippen LogP contribution >= 0.6 is 0 Å². The summed E-state index contributed by atoms with van der Waals surface area (Å²) in [5.41, 5.74) is 8.77. The lowest BCUT2D eigenvalue weighted by Crippen LogP contribution is -2.09. The van der Waals surface area contributed by atoms with E-state index in [2.05, 4.69) is 63.6 Å². The second-order valence-electron chi connectivity index (χ2n) is 4.84. The molecular formula is C14H16N6. The summed E-state index contributed by atoms with van der Waals surface area (Å²) in [6.45, 7) is 4.15. The van der Waals surface area contributed by atoms with Crippen molar-refractivity contribution >= 4 is 22.8 Å². The fraction of sp³-hybridized carbons (Fsp3) is 0.214. The zero-order chi connectivity index (χ0) is 14.1. The van der Waals surface area contributed by atoms with Crippen molar-refractivity contribution in [2.45, 2.75) is 19.9 Å². The molecule has 3 rings (SSSR count). The monoisotopic (exact) mass is 268 g/mol. The summed E-state index contributed by atoms with van der Waals surface area (Å²) in [6.07, 6.45) is 1.69. The highest BCUT2D eigenvalue weighted by molar-refractivity contribution is 5.86. The molecule has 0 aliphatic rings. The lowest BCUT2D eigenvalue weighted by molar-refractivity contribution is 0.876. The van der Waals surface area contributed by atoms with Crippen LogP contribution in [0.15, 0.2) is 30.5 Å². The first-order valence-corrected chi connectivity index (χ1v) is 6.43. The Hall–Kier alpha value is -2.63. The highest BCUT2D eigenvalue weighted by atomic mass is 15.2. The van der Waals surface area contributed by atoms with E-state index in [1.807, 2.05) is 0 Å². The molecule has 6 heteroatoms. The van der Waals surface area contributed by atoms with Crippen molar-refractivity contribution in [2.24, 2.45) is 0 Å². The van der Waals surface area contributed by atoms with E-state index in [1.165, 1.54) is 11.1 Å². The molecule has 3 aromatic rings. The van der Waals surface area contributed by atoms with Gasteiger partial charge in [-0.25, -0.2) is 0 Å². The van der Waals surface area contributed by atoms with E-state index in [-0.39, 0.29) is 12.0 Å². The van der Waals surface area contributed by atoms with Crippen LogP contribution in [-0.2, 0) is 0 Å². The van der Waals surface area contributed by atoms with Crippen molar-refractivity contribution in [3.63, 3.8) is 0 Å². The minimum absolute atomic E-state index is 0.114. The molecular weight excluding hydrogens is 252 g/mol. The standard InChI is InChI=1S/C14H16N6/c1-8-3-5-10(6-4-8)9(2)17-12-11-7-16-20-13(11)19-14(15)18-12/h3-7,9H,1-2H3,(H4,15,16,17,18,19,20). The first-order valence-electron chi connectivity index (χ1n) is 6.43. The number of aromatic amines is 1. The fourth-order valence-corrected chi connectivity index (χ4v) is 2.11. The van der Waals surface area contributed by atoms with E-state index in [9.17, 15) is 0 Å². The Labute approximate surface area is 116 Å². The van der Waals surface area contributed by atoms with Crippen LogP contribution < -0.4 is 11.1 Å². The Morgan fingerprint density at radius 2 is 1.95 bits per heavy atom. The molecule has 0 saturated heterocycles. The first kappa shape index (κ1) is 12.4. The Kier molecular flexibility index (Phi) is 2.98. The van der Waals surface area contributed by atoms with Gasteiger partial charge in [0.15, 0.2) is 5.65 Å². The zero-order valence-corrected chi connectivity index (χ0v) is 11.4. The smallest absolute Gasteiger partial charge is 0.224 e. The average molecular weight is 268 g/mol. The van der Waals surface area contributed by atoms with E-state index in [0.717, 1.165) is 5.39 Å². The molecule has 6 nitrogen and oxygen atoms in total. The third-order valence-corrected chi connectivity index (χ3v) is 3.26. The van der Waals surface area contributed by atoms with Gasteiger partial charge in [0.05, 0.1) is 11.6 Å². The second kappa shape index (κ2) is 4.80. The van der Waals surface area contributed by atoms with Gasteiger partial charge in [0.2, 0.25) is 5.95 Å². The molecule has 0 saturated carbocycles. The van der Waals surface area contributed by atoms with E-state index in [1.54, 1.807) is 6.20 Å². The third kappa shape index (κ3) is 2.27. The number of anilines is 2. The van der Waals surface area contributed by atoms with Crippen LogP contribution in [0.1, 0.15) is 24.1 Å². The number of nitrogens with two attached hydrogens (primary N) is 1. The molecule has 0 bridgehead atoms. The van der Waals surface area contributed by atoms with Gasteiger partial charge in [0, 0.05) is 6.04 Å². The molecule has 0 aliphatic carbocycles. The highest BCUT2D eigenvalue weighted by Gasteiger charge is 2.11. The summed E-state index contributed by atoms with van der Waals surface area (Å²) < 4.78 is 0. The quantitative estimate of drug-likeness (QED) is 0.678. The van der Waals surface area contributed by atoms with Gasteiger partial charge in [-0.2, -0.15) is 15.1 Å². The second-order valence-corrected chi connectivity index (χ2v) is 4.84. The summed E-state index contributed by atoms with van der Waals surface area (Å²) in [7, 11) is 0. The third-order valence-electron chi connectivity index (χ3n) is 3.26. The maximum Gasteiger partial charge on any atom is 0.224 e. The molecule has 4 N–H and O–H groups in total. The van der Waals surface area contributed by atoms with Crippen LogP contribution in [0.5, 0.6) is 0 Å². The van der Waals surface area contributed by atoms with Gasteiger partial charge in [-0.05, 0) is 19.4 Å². The summed E-state index contributed by atoms with van der Waals surface area (Å²) in [4.78, 5) is 8.35. The molecule has 1 aromatic carbocycles. The predicted molar refractivity (Wildman–Crippen MR) is 79.3 cm³/mol. The molecule has 2 heterocycles. The Morgan fingerprint density at radius 3 is 2.70 bits per heavy atom. The van der Waals surface area contributed by atoms with Gasteiger partial charge in [-0.3, -0.25) is 5.10 Å². The van der Waals surface area contributed by atoms with Crippen molar-refractivity contribution < 1.29 is 0 Å². The lowest BCUT2D eigenvalue weighted by atomic mass is 10.1. The number of nitrogen functional groups attached to an aromatic ring is 1. The SMILES string of the molecule is Cc1ccc(C(C)Nc2nc(N)nc3[nH]ncc23)cc1. The van der Waals surface area contributed by atoms with Gasteiger partial charge in [0.25, 0.3) is 0 Å². The van der Waals surface area contributed by atoms with Gasteiger partial charge in [-0.15, -0.1) is 0 Å². The maximum atomic E-state index is 5.71. The minimum Gasteiger partial charge on any atom is -0.368 e. The number of H-pyrrole nitrogens is 1. The van der Waals surface area contributed by atoms with Crippen LogP contribution in [-0.4, -0.2) is 20.2 Å². The van der Waals surface area contributed by atoms with Crippen LogP contribution in [0.4, 0.5) is 11.8 Å². The molecule has 20 heavy (non-hydrogen) atoms. The molecule has 0 amide bonds. The molecule has 2 aromatic heterocycles. The summed E-state index contributed by atoms with van der Waals surface area (Å²) in [6, 6.07) is 8.50. The first-order chi connectivity index (χ1) is 9.63. The topological polar surface area (TPSA) is 92.5 Å². The number of hydrogen-bond acceptors (Lipinski definition) is 5. The fourth-order valence-electron chi connectivity index (χ4n) is 2.11. The summed E-state index contributed by atoms with van der Waals surface area (Å²) >= 11 is 0. The molecule has 0 fully saturated rings. The number of rotatable bonds is 3. The number of benzene rings is 1. The maximum absolute atomic E-state index is 5.71. The van der Waals surface area contributed by atoms with E-state index >= 15 is 0 Å². The number of hydrogen-bond donors (Lipinski definition) is 3. The number of aromatic nitrogens is 4. The van der Waals surface area contributed by atoms with Gasteiger partial charge in [-0.1, -0.05) is 29.8 Å². The Balaban J connectivity index is 1.92. The lowest BCUT2D eigenvalue weighted by Gasteiger charge is -2.15. The van der Waals surface area contributed by atoms with Crippen molar-refractivity contribution in [2.75, 3.05) is 11.1 Å². The van der Waals surface area contributed by atoms with Crippen LogP contribution in [0, 0.1) is 6.92 Å². The Morgan fingerprint density at radius 1 is 1.20 bits per heavy atom. The zero-order valence-electron chi connectivity index (χ0n) is 11.4. The molecule has 0 spiro atoms. The highest BCUT2D eigenvalue weighted by Crippen LogP contribution is 2.24. The van der Waals surface area contributed by atoms with Crippen LogP contribution in [0.25, 0.3) is 11.0 Å². The van der Waals surface area contributed by atoms with E-state index in [4.69, 9.17) is 5.73 Å². The largest absolute Gasteiger partial charge is 0.368 e. The molecule has 0 radical (unpaired) electrons. The van der Waals surface area contributed by atoms with Crippen LogP contribution in [0.2, 0.25) is 0 Å². The normalized spacial score (nSPS) is 12.5. The predicted octanol–water partition coefficient (Wildman–Crippen LogP) is 2.42. The number of fused-ring (bicyclic) bond motifs is 1. The Bertz CT molecular complexity index is 731.